The fourth-order valence-corrected chi connectivity index (χ4v) is 2.40. The van der Waals surface area contributed by atoms with E-state index in [0.29, 0.717) is 11.6 Å². The van der Waals surface area contributed by atoms with Crippen molar-refractivity contribution in [1.29, 1.82) is 0 Å². The maximum absolute atomic E-state index is 11.0. The molecule has 2 aromatic carbocycles. The lowest BCUT2D eigenvalue weighted by Gasteiger charge is -2.20. The standard InChI is InChI=1S/C18H19ClO3/c1-13-12-16(21-14(2)20)8-9-17(13)22-18(10-11-19)15-6-4-3-5-7-15/h3-9,12,18H,10-11H2,1-2H3. The smallest absolute Gasteiger partial charge is 0.308 e. The van der Waals surface area contributed by atoms with Crippen LogP contribution in [0.2, 0.25) is 0 Å². The normalized spacial score (nSPS) is 11.8. The van der Waals surface area contributed by atoms with Crippen LogP contribution in [0.1, 0.15) is 30.6 Å². The SMILES string of the molecule is CC(=O)Oc1ccc(OC(CCCl)c2ccccc2)c(C)c1. The Morgan fingerprint density at radius 3 is 2.50 bits per heavy atom. The first kappa shape index (κ1) is 16.4. The molecular weight excluding hydrogens is 300 g/mol. The summed E-state index contributed by atoms with van der Waals surface area (Å²) in [7, 11) is 0. The molecule has 0 saturated heterocycles. The molecule has 0 bridgehead atoms. The lowest BCUT2D eigenvalue weighted by atomic mass is 10.1. The number of carbonyl (C=O) groups is 1. The van der Waals surface area contributed by atoms with Crippen LogP contribution >= 0.6 is 11.6 Å². The first-order valence-corrected chi connectivity index (χ1v) is 7.70. The van der Waals surface area contributed by atoms with E-state index >= 15 is 0 Å². The molecule has 0 heterocycles. The molecule has 116 valence electrons. The van der Waals surface area contributed by atoms with Gasteiger partial charge in [-0.2, -0.15) is 0 Å². The van der Waals surface area contributed by atoms with E-state index in [1.54, 1.807) is 12.1 Å². The molecule has 0 aliphatic rings. The third-order valence-corrected chi connectivity index (χ3v) is 3.44. The highest BCUT2D eigenvalue weighted by molar-refractivity contribution is 6.17. The van der Waals surface area contributed by atoms with Crippen LogP contribution in [-0.4, -0.2) is 11.8 Å². The zero-order valence-corrected chi connectivity index (χ0v) is 13.5. The van der Waals surface area contributed by atoms with E-state index < -0.39 is 0 Å². The van der Waals surface area contributed by atoms with Crippen molar-refractivity contribution < 1.29 is 14.3 Å². The van der Waals surface area contributed by atoms with Crippen molar-refractivity contribution in [2.45, 2.75) is 26.4 Å². The van der Waals surface area contributed by atoms with Gasteiger partial charge in [0.15, 0.2) is 0 Å². The molecule has 0 aromatic heterocycles. The number of ether oxygens (including phenoxy) is 2. The quantitative estimate of drug-likeness (QED) is 0.441. The molecule has 0 amide bonds. The summed E-state index contributed by atoms with van der Waals surface area (Å²) in [6.07, 6.45) is 0.619. The number of esters is 1. The van der Waals surface area contributed by atoms with Crippen molar-refractivity contribution in [3.8, 4) is 11.5 Å². The van der Waals surface area contributed by atoms with Crippen LogP contribution in [0.4, 0.5) is 0 Å². The second-order valence-corrected chi connectivity index (χ2v) is 5.39. The Morgan fingerprint density at radius 2 is 1.91 bits per heavy atom. The molecule has 0 saturated carbocycles. The molecule has 4 heteroatoms. The number of hydrogen-bond acceptors (Lipinski definition) is 3. The number of benzene rings is 2. The van der Waals surface area contributed by atoms with E-state index in [1.165, 1.54) is 6.92 Å². The molecule has 2 rings (SSSR count). The highest BCUT2D eigenvalue weighted by Gasteiger charge is 2.14. The van der Waals surface area contributed by atoms with Gasteiger partial charge in [-0.05, 0) is 36.2 Å². The van der Waals surface area contributed by atoms with Crippen LogP contribution in [0.3, 0.4) is 0 Å². The van der Waals surface area contributed by atoms with Crippen molar-refractivity contribution in [3.05, 3.63) is 59.7 Å². The summed E-state index contributed by atoms with van der Waals surface area (Å²) in [6, 6.07) is 15.3. The molecule has 0 spiro atoms. The summed E-state index contributed by atoms with van der Waals surface area (Å²) >= 11 is 5.90. The average molecular weight is 319 g/mol. The van der Waals surface area contributed by atoms with Crippen LogP contribution in [-0.2, 0) is 4.79 Å². The number of alkyl halides is 1. The van der Waals surface area contributed by atoms with Crippen LogP contribution in [0.5, 0.6) is 11.5 Å². The van der Waals surface area contributed by atoms with Crippen molar-refractivity contribution in [3.63, 3.8) is 0 Å². The van der Waals surface area contributed by atoms with Crippen LogP contribution in [0, 0.1) is 6.92 Å². The lowest BCUT2D eigenvalue weighted by molar-refractivity contribution is -0.131. The minimum absolute atomic E-state index is 0.100. The second kappa shape index (κ2) is 7.85. The van der Waals surface area contributed by atoms with Crippen LogP contribution in [0.25, 0.3) is 0 Å². The highest BCUT2D eigenvalue weighted by Crippen LogP contribution is 2.30. The van der Waals surface area contributed by atoms with Crippen LogP contribution < -0.4 is 9.47 Å². The highest BCUT2D eigenvalue weighted by atomic mass is 35.5. The Balaban J connectivity index is 2.18. The Bertz CT molecular complexity index is 625. The fraction of sp³-hybridized carbons (Fsp3) is 0.278. The molecule has 0 N–H and O–H groups in total. The van der Waals surface area contributed by atoms with Crippen molar-refractivity contribution >= 4 is 17.6 Å². The molecule has 22 heavy (non-hydrogen) atoms. The summed E-state index contributed by atoms with van der Waals surface area (Å²) in [6.45, 7) is 3.30. The molecule has 0 radical (unpaired) electrons. The third kappa shape index (κ3) is 4.50. The minimum atomic E-state index is -0.336. The Morgan fingerprint density at radius 1 is 1.18 bits per heavy atom. The first-order valence-electron chi connectivity index (χ1n) is 7.17. The van der Waals surface area contributed by atoms with Gasteiger partial charge in [-0.25, -0.2) is 0 Å². The Kier molecular flexibility index (Phi) is 5.84. The number of rotatable bonds is 6. The Hall–Kier alpha value is -2.00. The van der Waals surface area contributed by atoms with E-state index in [1.807, 2.05) is 43.3 Å². The maximum Gasteiger partial charge on any atom is 0.308 e. The predicted octanol–water partition coefficient (Wildman–Crippen LogP) is 4.67. The number of aryl methyl sites for hydroxylation is 1. The zero-order chi connectivity index (χ0) is 15.9. The van der Waals surface area contributed by atoms with Crippen molar-refractivity contribution in [1.82, 2.24) is 0 Å². The fourth-order valence-electron chi connectivity index (χ4n) is 2.20. The topological polar surface area (TPSA) is 35.5 Å². The van der Waals surface area contributed by atoms with Gasteiger partial charge in [0.05, 0.1) is 0 Å². The van der Waals surface area contributed by atoms with Gasteiger partial charge in [0.1, 0.15) is 17.6 Å². The number of hydrogen-bond donors (Lipinski definition) is 0. The minimum Gasteiger partial charge on any atom is -0.485 e. The van der Waals surface area contributed by atoms with Gasteiger partial charge in [-0.15, -0.1) is 11.6 Å². The molecular formula is C18H19ClO3. The number of carbonyl (C=O) groups excluding carboxylic acids is 1. The monoisotopic (exact) mass is 318 g/mol. The van der Waals surface area contributed by atoms with Gasteiger partial charge in [0, 0.05) is 19.2 Å². The average Bonchev–Trinajstić information content (AvgIpc) is 2.49. The maximum atomic E-state index is 11.0. The molecule has 0 aliphatic carbocycles. The van der Waals surface area contributed by atoms with Crippen LogP contribution in [0.15, 0.2) is 48.5 Å². The summed E-state index contributed by atoms with van der Waals surface area (Å²) in [5, 5.41) is 0. The molecule has 0 aliphatic heterocycles. The molecule has 1 atom stereocenters. The third-order valence-electron chi connectivity index (χ3n) is 3.22. The summed E-state index contributed by atoms with van der Waals surface area (Å²) < 4.78 is 11.2. The largest absolute Gasteiger partial charge is 0.485 e. The summed E-state index contributed by atoms with van der Waals surface area (Å²) in [4.78, 5) is 11.0. The van der Waals surface area contributed by atoms with E-state index in [4.69, 9.17) is 21.1 Å². The van der Waals surface area contributed by atoms with Crippen molar-refractivity contribution in [2.24, 2.45) is 0 Å². The van der Waals surface area contributed by atoms with E-state index in [0.717, 1.165) is 23.3 Å². The molecule has 1 unspecified atom stereocenters. The van der Waals surface area contributed by atoms with Gasteiger partial charge >= 0.3 is 5.97 Å². The van der Waals surface area contributed by atoms with E-state index in [-0.39, 0.29) is 12.1 Å². The van der Waals surface area contributed by atoms with E-state index in [2.05, 4.69) is 0 Å². The van der Waals surface area contributed by atoms with Crippen molar-refractivity contribution in [2.75, 3.05) is 5.88 Å². The molecule has 3 nitrogen and oxygen atoms in total. The van der Waals surface area contributed by atoms with E-state index in [9.17, 15) is 4.79 Å². The zero-order valence-electron chi connectivity index (χ0n) is 12.7. The van der Waals surface area contributed by atoms with Gasteiger partial charge in [0.25, 0.3) is 0 Å². The first-order chi connectivity index (χ1) is 10.6. The summed E-state index contributed by atoms with van der Waals surface area (Å²) in [5.41, 5.74) is 2.00. The molecule has 0 fully saturated rings. The van der Waals surface area contributed by atoms with Gasteiger partial charge in [-0.1, -0.05) is 30.3 Å². The van der Waals surface area contributed by atoms with Gasteiger partial charge in [0.2, 0.25) is 0 Å². The number of halogens is 1. The summed E-state index contributed by atoms with van der Waals surface area (Å²) in [5.74, 6) is 1.46. The Labute approximate surface area is 135 Å². The predicted molar refractivity (Wildman–Crippen MR) is 87.6 cm³/mol. The lowest BCUT2D eigenvalue weighted by Crippen LogP contribution is -2.09. The van der Waals surface area contributed by atoms with Gasteiger partial charge < -0.3 is 9.47 Å². The molecule has 2 aromatic rings. The second-order valence-electron chi connectivity index (χ2n) is 5.02. The van der Waals surface area contributed by atoms with Gasteiger partial charge in [-0.3, -0.25) is 4.79 Å².